The molecule has 0 amide bonds. The van der Waals surface area contributed by atoms with Gasteiger partial charge < -0.3 is 0 Å². The van der Waals surface area contributed by atoms with Crippen LogP contribution in [-0.4, -0.2) is 31.9 Å². The van der Waals surface area contributed by atoms with Gasteiger partial charge >= 0.3 is 0 Å². The van der Waals surface area contributed by atoms with Gasteiger partial charge in [-0.15, -0.1) is 0 Å². The highest BCUT2D eigenvalue weighted by Crippen LogP contribution is 2.09. The van der Waals surface area contributed by atoms with Gasteiger partial charge in [0.15, 0.2) is 0 Å². The van der Waals surface area contributed by atoms with Crippen molar-refractivity contribution in [3.63, 3.8) is 0 Å². The van der Waals surface area contributed by atoms with E-state index in [0.717, 1.165) is 0 Å². The molecule has 0 fully saturated rings. The Labute approximate surface area is 67.3 Å². The van der Waals surface area contributed by atoms with E-state index in [1.807, 2.05) is 6.26 Å². The van der Waals surface area contributed by atoms with Gasteiger partial charge in [0.1, 0.15) is 9.84 Å². The fourth-order valence-corrected chi connectivity index (χ4v) is 1.68. The van der Waals surface area contributed by atoms with Crippen LogP contribution in [0.5, 0.6) is 0 Å². The monoisotopic (exact) mass is 181 g/mol. The second kappa shape index (κ2) is 4.23. The maximum absolute atomic E-state index is 10.6. The third-order valence-corrected chi connectivity index (χ3v) is 3.02. The molecule has 0 spiro atoms. The molecule has 0 heterocycles. The predicted octanol–water partition coefficient (Wildman–Crippen LogP) is 0.987. The third-order valence-electron chi connectivity index (χ3n) is 1.14. The quantitative estimate of drug-likeness (QED) is 0.648. The molecular weight excluding hydrogens is 168 g/mol. The molecule has 10 heavy (non-hydrogen) atoms. The van der Waals surface area contributed by atoms with Crippen LogP contribution in [-0.2, 0) is 9.84 Å². The Morgan fingerprint density at radius 2 is 2.10 bits per heavy atom. The minimum absolute atomic E-state index is 0.203. The molecule has 0 N–H and O–H groups in total. The summed E-state index contributed by atoms with van der Waals surface area (Å²) >= 11 is 1.59. The number of hydrogen-bond acceptors (Lipinski definition) is 3. The molecule has 2 nitrogen and oxygen atoms in total. The Morgan fingerprint density at radius 1 is 1.60 bits per heavy atom. The van der Waals surface area contributed by atoms with Crippen LogP contribution in [0.3, 0.4) is 0 Å². The molecule has 0 aliphatic carbocycles. The molecular formula is C6H13O2S2. The molecule has 0 aliphatic heterocycles. The van der Waals surface area contributed by atoms with Crippen molar-refractivity contribution in [3.05, 3.63) is 6.92 Å². The number of hydrogen-bond donors (Lipinski definition) is 0. The van der Waals surface area contributed by atoms with Crippen LogP contribution in [0.1, 0.15) is 6.42 Å². The Kier molecular flexibility index (Phi) is 4.36. The maximum atomic E-state index is 10.6. The summed E-state index contributed by atoms with van der Waals surface area (Å²) in [6.45, 7) is 3.76. The van der Waals surface area contributed by atoms with E-state index < -0.39 is 9.84 Å². The highest BCUT2D eigenvalue weighted by atomic mass is 32.2. The van der Waals surface area contributed by atoms with Crippen LogP contribution in [0.4, 0.5) is 0 Å². The minimum Gasteiger partial charge on any atom is -0.229 e. The summed E-state index contributed by atoms with van der Waals surface area (Å²) in [7, 11) is -2.78. The molecule has 1 radical (unpaired) electrons. The lowest BCUT2D eigenvalue weighted by Gasteiger charge is -2.04. The lowest BCUT2D eigenvalue weighted by atomic mass is 10.4. The first-order valence-electron chi connectivity index (χ1n) is 2.99. The van der Waals surface area contributed by atoms with Crippen LogP contribution >= 0.6 is 11.8 Å². The average molecular weight is 181 g/mol. The molecule has 1 unspecified atom stereocenters. The van der Waals surface area contributed by atoms with Gasteiger partial charge in [-0.3, -0.25) is 0 Å². The largest absolute Gasteiger partial charge is 0.229 e. The summed E-state index contributed by atoms with van der Waals surface area (Å²) in [5.74, 6) is 0.252. The van der Waals surface area contributed by atoms with Crippen molar-refractivity contribution in [1.29, 1.82) is 0 Å². The molecule has 4 heteroatoms. The summed E-state index contributed by atoms with van der Waals surface area (Å²) in [6, 6.07) is 0. The molecule has 0 rings (SSSR count). The lowest BCUT2D eigenvalue weighted by Crippen LogP contribution is -2.08. The van der Waals surface area contributed by atoms with Crippen LogP contribution in [0.2, 0.25) is 0 Å². The summed E-state index contributed by atoms with van der Waals surface area (Å²) in [5.41, 5.74) is 0. The number of rotatable bonds is 4. The van der Waals surface area contributed by atoms with E-state index in [1.54, 1.807) is 11.8 Å². The highest BCUT2D eigenvalue weighted by Gasteiger charge is 2.05. The van der Waals surface area contributed by atoms with E-state index in [1.165, 1.54) is 6.26 Å². The van der Waals surface area contributed by atoms with Crippen molar-refractivity contribution in [3.8, 4) is 0 Å². The summed E-state index contributed by atoms with van der Waals surface area (Å²) in [4.78, 5) is 0. The minimum atomic E-state index is -2.78. The summed E-state index contributed by atoms with van der Waals surface area (Å²) < 4.78 is 21.2. The van der Waals surface area contributed by atoms with Crippen LogP contribution in [0.15, 0.2) is 0 Å². The Balaban J connectivity index is 3.56. The maximum Gasteiger partial charge on any atom is 0.147 e. The van der Waals surface area contributed by atoms with E-state index in [-0.39, 0.29) is 11.0 Å². The average Bonchev–Trinajstić information content (AvgIpc) is 1.81. The fraction of sp³-hybridized carbons (Fsp3) is 0.833. The number of thioether (sulfide) groups is 1. The molecule has 0 saturated carbocycles. The smallest absolute Gasteiger partial charge is 0.147 e. The van der Waals surface area contributed by atoms with Crippen molar-refractivity contribution in [2.75, 3.05) is 18.3 Å². The predicted molar refractivity (Wildman–Crippen MR) is 47.0 cm³/mol. The van der Waals surface area contributed by atoms with Crippen molar-refractivity contribution < 1.29 is 8.42 Å². The van der Waals surface area contributed by atoms with Crippen molar-refractivity contribution >= 4 is 21.6 Å². The van der Waals surface area contributed by atoms with E-state index in [9.17, 15) is 8.42 Å². The second-order valence-electron chi connectivity index (χ2n) is 2.28. The molecule has 0 bridgehead atoms. The molecule has 1 atom stereocenters. The van der Waals surface area contributed by atoms with Crippen molar-refractivity contribution in [2.24, 2.45) is 0 Å². The molecule has 0 aromatic carbocycles. The lowest BCUT2D eigenvalue weighted by molar-refractivity contribution is 0.599. The summed E-state index contributed by atoms with van der Waals surface area (Å²) in [5, 5.41) is 0.203. The van der Waals surface area contributed by atoms with Crippen molar-refractivity contribution in [2.45, 2.75) is 11.7 Å². The van der Waals surface area contributed by atoms with Gasteiger partial charge in [0.2, 0.25) is 0 Å². The van der Waals surface area contributed by atoms with Gasteiger partial charge in [-0.1, -0.05) is 0 Å². The topological polar surface area (TPSA) is 34.1 Å². The van der Waals surface area contributed by atoms with E-state index in [0.29, 0.717) is 6.42 Å². The highest BCUT2D eigenvalue weighted by molar-refractivity contribution is 7.99. The van der Waals surface area contributed by atoms with Crippen molar-refractivity contribution in [1.82, 2.24) is 0 Å². The van der Waals surface area contributed by atoms with Gasteiger partial charge in [-0.25, -0.2) is 8.42 Å². The van der Waals surface area contributed by atoms with E-state index >= 15 is 0 Å². The molecule has 61 valence electrons. The third kappa shape index (κ3) is 6.42. The Morgan fingerprint density at radius 3 is 2.40 bits per heavy atom. The summed E-state index contributed by atoms with van der Waals surface area (Å²) in [6.07, 6.45) is 3.83. The van der Waals surface area contributed by atoms with E-state index in [4.69, 9.17) is 0 Å². The first-order chi connectivity index (χ1) is 4.45. The first kappa shape index (κ1) is 10.3. The molecule has 0 aromatic rings. The number of sulfone groups is 1. The normalized spacial score (nSPS) is 15.1. The zero-order valence-corrected chi connectivity index (χ0v) is 7.96. The second-order valence-corrected chi connectivity index (χ2v) is 5.67. The SMILES string of the molecule is [CH2]C(CCS(C)(=O)=O)SC. The molecule has 0 aliphatic rings. The first-order valence-corrected chi connectivity index (χ1v) is 6.34. The fourth-order valence-electron chi connectivity index (χ4n) is 0.463. The zero-order valence-electron chi connectivity index (χ0n) is 6.33. The van der Waals surface area contributed by atoms with Gasteiger partial charge in [0, 0.05) is 11.5 Å². The Bertz CT molecular complexity index is 172. The van der Waals surface area contributed by atoms with Gasteiger partial charge in [0.05, 0.1) is 5.75 Å². The van der Waals surface area contributed by atoms with Gasteiger partial charge in [-0.05, 0) is 19.6 Å². The molecule has 0 saturated heterocycles. The van der Waals surface area contributed by atoms with E-state index in [2.05, 4.69) is 6.92 Å². The van der Waals surface area contributed by atoms with Gasteiger partial charge in [-0.2, -0.15) is 11.8 Å². The standard InChI is InChI=1S/C6H13O2S2/c1-6(9-2)4-5-10(3,7)8/h6H,1,4-5H2,2-3H3. The Hall–Kier alpha value is 0.300. The molecule has 0 aromatic heterocycles. The zero-order chi connectivity index (χ0) is 8.20. The van der Waals surface area contributed by atoms with Crippen LogP contribution < -0.4 is 0 Å². The van der Waals surface area contributed by atoms with Crippen LogP contribution in [0.25, 0.3) is 0 Å². The van der Waals surface area contributed by atoms with Gasteiger partial charge in [0.25, 0.3) is 0 Å². The van der Waals surface area contributed by atoms with Crippen LogP contribution in [0, 0.1) is 6.92 Å².